The number of H-pyrrole nitrogens is 1. The summed E-state index contributed by atoms with van der Waals surface area (Å²) in [5.74, 6) is -0.388. The standard InChI is InChI=1S/C47H50ClFN6O8S/c48-35-6-4-33(5-7-35)40-11-3-32(28-46(40)14-1-2-15-46)30-53-19-21-54(22-20-53)36-8-10-39(43(26-36)63-37-25-34-13-18-50-44(34)51-29-37)45(56)52-64(59,60)38-9-12-42(41(27-38)55(57)58)62-31-47(49)16-23-61-24-17-47/h3-10,12-13,18,25-27,29,40H,1-2,11,14-17,19-24,28,30-31H2,(H,50,51)(H,52,56). The van der Waals surface area contributed by atoms with E-state index < -0.39 is 43.7 Å². The van der Waals surface area contributed by atoms with Gasteiger partial charge in [-0.3, -0.25) is 19.8 Å². The second kappa shape index (κ2) is 18.1. The van der Waals surface area contributed by atoms with Crippen molar-refractivity contribution in [1.29, 1.82) is 0 Å². The van der Waals surface area contributed by atoms with Crippen LogP contribution in [-0.2, 0) is 14.8 Å². The number of nitrogens with zero attached hydrogens (tertiary/aromatic N) is 4. The normalized spacial score (nSPS) is 19.9. The zero-order valence-electron chi connectivity index (χ0n) is 35.3. The third-order valence-electron chi connectivity index (χ3n) is 13.3. The number of aromatic nitrogens is 2. The van der Waals surface area contributed by atoms with Gasteiger partial charge in [0.1, 0.15) is 29.4 Å². The van der Waals surface area contributed by atoms with E-state index in [2.05, 4.69) is 42.7 Å². The van der Waals surface area contributed by atoms with Crippen molar-refractivity contribution in [2.24, 2.45) is 5.41 Å². The number of rotatable bonds is 13. The van der Waals surface area contributed by atoms with Gasteiger partial charge in [-0.05, 0) is 91.1 Å². The molecule has 17 heteroatoms. The Morgan fingerprint density at radius 3 is 2.50 bits per heavy atom. The number of hydrogen-bond donors (Lipinski definition) is 2. The molecule has 1 unspecified atom stereocenters. The number of amides is 1. The molecule has 14 nitrogen and oxygen atoms in total. The Balaban J connectivity index is 0.903. The first-order chi connectivity index (χ1) is 30.9. The quantitative estimate of drug-likeness (QED) is 0.0657. The van der Waals surface area contributed by atoms with Crippen LogP contribution in [0.15, 0.2) is 102 Å². The van der Waals surface area contributed by atoms with Crippen LogP contribution < -0.4 is 19.1 Å². The average molecular weight is 913 g/mol. The molecule has 1 amide bonds. The molecule has 64 heavy (non-hydrogen) atoms. The Morgan fingerprint density at radius 1 is 0.984 bits per heavy atom. The monoisotopic (exact) mass is 912 g/mol. The van der Waals surface area contributed by atoms with Crippen LogP contribution in [0.1, 0.15) is 73.2 Å². The van der Waals surface area contributed by atoms with Gasteiger partial charge in [-0.15, -0.1) is 0 Å². The summed E-state index contributed by atoms with van der Waals surface area (Å²) < 4.78 is 61.5. The van der Waals surface area contributed by atoms with Gasteiger partial charge in [0.05, 0.1) is 21.6 Å². The lowest BCUT2D eigenvalue weighted by Gasteiger charge is -2.43. The minimum absolute atomic E-state index is 0.0622. The number of fused-ring (bicyclic) bond motifs is 1. The van der Waals surface area contributed by atoms with Crippen molar-refractivity contribution in [2.75, 3.05) is 57.4 Å². The van der Waals surface area contributed by atoms with Crippen LogP contribution >= 0.6 is 11.6 Å². The Kier molecular flexibility index (Phi) is 12.4. The highest BCUT2D eigenvalue weighted by atomic mass is 35.5. The third-order valence-corrected chi connectivity index (χ3v) is 14.9. The van der Waals surface area contributed by atoms with Gasteiger partial charge in [-0.2, -0.15) is 0 Å². The molecule has 2 aromatic heterocycles. The van der Waals surface area contributed by atoms with E-state index in [4.69, 9.17) is 25.8 Å². The van der Waals surface area contributed by atoms with Crippen LogP contribution in [0, 0.1) is 15.5 Å². The predicted octanol–water partition coefficient (Wildman–Crippen LogP) is 9.12. The van der Waals surface area contributed by atoms with E-state index in [1.807, 2.05) is 18.2 Å². The highest BCUT2D eigenvalue weighted by Crippen LogP contribution is 2.56. The molecule has 1 saturated carbocycles. The van der Waals surface area contributed by atoms with Gasteiger partial charge < -0.3 is 24.1 Å². The van der Waals surface area contributed by atoms with Gasteiger partial charge in [0, 0.05) is 93.2 Å². The van der Waals surface area contributed by atoms with Gasteiger partial charge in [0.25, 0.3) is 15.9 Å². The maximum atomic E-state index is 15.2. The first-order valence-corrected chi connectivity index (χ1v) is 23.6. The summed E-state index contributed by atoms with van der Waals surface area (Å²) in [4.78, 5) is 36.7. The highest BCUT2D eigenvalue weighted by Gasteiger charge is 2.44. The number of nitro benzene ring substituents is 1. The van der Waals surface area contributed by atoms with E-state index >= 15 is 4.39 Å². The lowest BCUT2D eigenvalue weighted by molar-refractivity contribution is -0.386. The predicted molar refractivity (Wildman–Crippen MR) is 241 cm³/mol. The number of nitrogens with one attached hydrogen (secondary N) is 2. The van der Waals surface area contributed by atoms with Crippen LogP contribution in [0.5, 0.6) is 17.2 Å². The van der Waals surface area contributed by atoms with Crippen LogP contribution in [0.25, 0.3) is 11.0 Å². The van der Waals surface area contributed by atoms with Crippen molar-refractivity contribution in [3.05, 3.63) is 123 Å². The first-order valence-electron chi connectivity index (χ1n) is 21.8. The molecule has 2 N–H and O–H groups in total. The lowest BCUT2D eigenvalue weighted by Crippen LogP contribution is -2.47. The molecule has 4 heterocycles. The van der Waals surface area contributed by atoms with Crippen molar-refractivity contribution in [3.8, 4) is 17.2 Å². The Labute approximate surface area is 375 Å². The summed E-state index contributed by atoms with van der Waals surface area (Å²) in [7, 11) is -4.66. The Morgan fingerprint density at radius 2 is 1.75 bits per heavy atom. The molecule has 2 aliphatic carbocycles. The largest absolute Gasteiger partial charge is 0.483 e. The molecule has 0 radical (unpaired) electrons. The number of alkyl halides is 1. The SMILES string of the molecule is O=C(NS(=O)(=O)c1ccc(OCC2(F)CCOCC2)c([N+](=O)[O-])c1)c1ccc(N2CCN(CC3=CCC(c4ccc(Cl)cc4)C4(CCCC4)C3)CC2)cc1Oc1cnc2[nH]ccc2c1. The zero-order valence-corrected chi connectivity index (χ0v) is 36.8. The topological polar surface area (TPSA) is 169 Å². The summed E-state index contributed by atoms with van der Waals surface area (Å²) in [6.07, 6.45) is 13.0. The molecule has 0 bridgehead atoms. The molecule has 2 saturated heterocycles. The van der Waals surface area contributed by atoms with Crippen molar-refractivity contribution >= 4 is 49.9 Å². The van der Waals surface area contributed by atoms with Gasteiger partial charge in [0.2, 0.25) is 0 Å². The molecule has 1 atom stereocenters. The maximum absolute atomic E-state index is 15.2. The number of carbonyl (C=O) groups is 1. The second-order valence-electron chi connectivity index (χ2n) is 17.5. The summed E-state index contributed by atoms with van der Waals surface area (Å²) in [5, 5.41) is 13.6. The van der Waals surface area contributed by atoms with Crippen molar-refractivity contribution in [3.63, 3.8) is 0 Å². The molecule has 1 spiro atoms. The van der Waals surface area contributed by atoms with Crippen LogP contribution in [0.2, 0.25) is 5.02 Å². The molecular weight excluding hydrogens is 863 g/mol. The van der Waals surface area contributed by atoms with Crippen molar-refractivity contribution in [2.45, 2.75) is 67.8 Å². The van der Waals surface area contributed by atoms with Crippen molar-refractivity contribution in [1.82, 2.24) is 19.6 Å². The van der Waals surface area contributed by atoms with E-state index in [-0.39, 0.29) is 48.5 Å². The Hall–Kier alpha value is -5.55. The number of sulfonamides is 1. The molecular formula is C47H50ClFN6O8S. The zero-order chi connectivity index (χ0) is 44.5. The van der Waals surface area contributed by atoms with Gasteiger partial charge in [-0.1, -0.05) is 48.2 Å². The summed E-state index contributed by atoms with van der Waals surface area (Å²) in [5.41, 5.74) is 2.09. The van der Waals surface area contributed by atoms with Gasteiger partial charge in [0.15, 0.2) is 5.75 Å². The van der Waals surface area contributed by atoms with E-state index in [1.165, 1.54) is 49.1 Å². The average Bonchev–Trinajstić information content (AvgIpc) is 3.96. The smallest absolute Gasteiger partial charge is 0.312 e. The Bertz CT molecular complexity index is 2670. The molecule has 5 aromatic rings. The van der Waals surface area contributed by atoms with E-state index in [9.17, 15) is 23.3 Å². The number of benzene rings is 3. The van der Waals surface area contributed by atoms with Crippen LogP contribution in [-0.4, -0.2) is 92.3 Å². The molecule has 4 aliphatic rings. The number of hydrogen-bond acceptors (Lipinski definition) is 11. The van der Waals surface area contributed by atoms with Gasteiger partial charge in [-0.25, -0.2) is 22.5 Å². The molecule has 9 rings (SSSR count). The number of ether oxygens (including phenoxy) is 3. The van der Waals surface area contributed by atoms with E-state index in [0.29, 0.717) is 17.3 Å². The number of anilines is 1. The third kappa shape index (κ3) is 9.46. The fourth-order valence-corrected chi connectivity index (χ4v) is 11.0. The molecule has 336 valence electrons. The fourth-order valence-electron chi connectivity index (χ4n) is 9.88. The summed E-state index contributed by atoms with van der Waals surface area (Å²) >= 11 is 6.24. The van der Waals surface area contributed by atoms with Crippen LogP contribution in [0.3, 0.4) is 0 Å². The van der Waals surface area contributed by atoms with E-state index in [1.54, 1.807) is 24.4 Å². The maximum Gasteiger partial charge on any atom is 0.312 e. The molecule has 3 aromatic carbocycles. The lowest BCUT2D eigenvalue weighted by atomic mass is 9.63. The number of halogens is 2. The minimum atomic E-state index is -4.66. The van der Waals surface area contributed by atoms with Gasteiger partial charge >= 0.3 is 5.69 Å². The fraction of sp³-hybridized carbons (Fsp3) is 0.404. The number of allylic oxidation sites excluding steroid dienone is 1. The number of nitro groups is 1. The minimum Gasteiger partial charge on any atom is -0.483 e. The summed E-state index contributed by atoms with van der Waals surface area (Å²) in [6.45, 7) is 3.95. The van der Waals surface area contributed by atoms with E-state index in [0.717, 1.165) is 79.9 Å². The first kappa shape index (κ1) is 43.7. The second-order valence-corrected chi connectivity index (χ2v) is 19.6. The summed E-state index contributed by atoms with van der Waals surface area (Å²) in [6, 6.07) is 19.9. The number of piperazine rings is 1. The molecule has 2 aliphatic heterocycles. The van der Waals surface area contributed by atoms with Crippen LogP contribution in [0.4, 0.5) is 15.8 Å². The number of pyridine rings is 1. The number of carbonyl (C=O) groups excluding carboxylic acids is 1. The highest BCUT2D eigenvalue weighted by molar-refractivity contribution is 7.90. The van der Waals surface area contributed by atoms with Crippen molar-refractivity contribution < 1.29 is 36.7 Å². The molecule has 3 fully saturated rings. The number of aromatic amines is 1.